The van der Waals surface area contributed by atoms with E-state index in [1.165, 1.54) is 11.1 Å². The van der Waals surface area contributed by atoms with Crippen molar-refractivity contribution < 1.29 is 4.79 Å². The van der Waals surface area contributed by atoms with Crippen molar-refractivity contribution in [3.8, 4) is 0 Å². The maximum absolute atomic E-state index is 11.7. The Balaban J connectivity index is 2.19. The zero-order valence-electron chi connectivity index (χ0n) is 13.2. The predicted octanol–water partition coefficient (Wildman–Crippen LogP) is 3.83. The molecule has 112 valence electrons. The third-order valence-corrected chi connectivity index (χ3v) is 4.31. The van der Waals surface area contributed by atoms with Crippen molar-refractivity contribution in [1.82, 2.24) is 5.32 Å². The number of carbonyl (C=O) groups is 1. The molecule has 0 aromatic heterocycles. The molecule has 20 heavy (non-hydrogen) atoms. The van der Waals surface area contributed by atoms with Crippen molar-refractivity contribution in [3.05, 3.63) is 35.4 Å². The van der Waals surface area contributed by atoms with E-state index in [0.717, 1.165) is 25.1 Å². The topological polar surface area (TPSA) is 29.1 Å². The van der Waals surface area contributed by atoms with Crippen LogP contribution in [0.15, 0.2) is 24.3 Å². The van der Waals surface area contributed by atoms with Gasteiger partial charge in [-0.2, -0.15) is 11.8 Å². The summed E-state index contributed by atoms with van der Waals surface area (Å²) >= 11 is 1.88. The number of hydrogen-bond acceptors (Lipinski definition) is 2. The number of amides is 1. The summed E-state index contributed by atoms with van der Waals surface area (Å²) in [5, 5.41) is 2.99. The van der Waals surface area contributed by atoms with E-state index in [1.807, 2.05) is 11.8 Å². The molecule has 1 N–H and O–H groups in total. The number of nitrogens with one attached hydrogen (secondary N) is 1. The van der Waals surface area contributed by atoms with E-state index in [1.54, 1.807) is 0 Å². The minimum Gasteiger partial charge on any atom is -0.355 e. The van der Waals surface area contributed by atoms with Gasteiger partial charge in [0, 0.05) is 23.5 Å². The van der Waals surface area contributed by atoms with Crippen LogP contribution in [0, 0.1) is 0 Å². The average molecular weight is 293 g/mol. The molecule has 0 spiro atoms. The minimum absolute atomic E-state index is 0.152. The molecule has 0 unspecified atom stereocenters. The molecule has 1 rings (SSSR count). The van der Waals surface area contributed by atoms with Gasteiger partial charge in [-0.25, -0.2) is 0 Å². The van der Waals surface area contributed by atoms with Gasteiger partial charge in [0.05, 0.1) is 0 Å². The fourth-order valence-electron chi connectivity index (χ4n) is 1.84. The summed E-state index contributed by atoms with van der Waals surface area (Å²) < 4.78 is 0.270. The molecule has 0 bridgehead atoms. The second-order valence-corrected chi connectivity index (χ2v) is 7.90. The Bertz CT molecular complexity index is 406. The number of carbonyl (C=O) groups excluding carboxylic acids is 1. The summed E-state index contributed by atoms with van der Waals surface area (Å²) in [6.07, 6.45) is 2.46. The Labute approximate surface area is 127 Å². The van der Waals surface area contributed by atoms with E-state index in [0.29, 0.717) is 6.42 Å². The second kappa shape index (κ2) is 8.35. The Morgan fingerprint density at radius 3 is 2.30 bits per heavy atom. The highest BCUT2D eigenvalue weighted by atomic mass is 32.2. The summed E-state index contributed by atoms with van der Waals surface area (Å²) in [4.78, 5) is 11.7. The van der Waals surface area contributed by atoms with Crippen LogP contribution in [0.25, 0.3) is 0 Å². The Morgan fingerprint density at radius 1 is 1.15 bits per heavy atom. The molecule has 1 aromatic rings. The summed E-state index contributed by atoms with van der Waals surface area (Å²) in [6.45, 7) is 9.49. The van der Waals surface area contributed by atoms with Gasteiger partial charge in [0.25, 0.3) is 0 Å². The van der Waals surface area contributed by atoms with Gasteiger partial charge in [0.1, 0.15) is 0 Å². The maximum atomic E-state index is 11.7. The van der Waals surface area contributed by atoms with Crippen molar-refractivity contribution in [2.45, 2.75) is 51.7 Å². The van der Waals surface area contributed by atoms with Gasteiger partial charge in [-0.3, -0.25) is 4.79 Å². The van der Waals surface area contributed by atoms with Crippen molar-refractivity contribution in [2.24, 2.45) is 0 Å². The molecule has 0 fully saturated rings. The molecule has 0 heterocycles. The van der Waals surface area contributed by atoms with Crippen LogP contribution >= 0.6 is 11.8 Å². The number of hydrogen-bond donors (Lipinski definition) is 1. The lowest BCUT2D eigenvalue weighted by Gasteiger charge is -2.17. The van der Waals surface area contributed by atoms with Crippen molar-refractivity contribution in [3.63, 3.8) is 0 Å². The molecule has 0 aliphatic carbocycles. The number of benzene rings is 1. The predicted molar refractivity (Wildman–Crippen MR) is 89.4 cm³/mol. The fourth-order valence-corrected chi connectivity index (χ4v) is 2.65. The van der Waals surface area contributed by atoms with Crippen LogP contribution in [0.3, 0.4) is 0 Å². The standard InChI is InChI=1S/C17H27NOS/c1-5-14-6-8-15(9-7-14)10-11-16(19)18-12-13-20-17(2,3)4/h6-9H,5,10-13H2,1-4H3,(H,18,19). The van der Waals surface area contributed by atoms with E-state index < -0.39 is 0 Å². The minimum atomic E-state index is 0.152. The molecule has 0 atom stereocenters. The molecule has 0 radical (unpaired) electrons. The lowest BCUT2D eigenvalue weighted by atomic mass is 10.1. The van der Waals surface area contributed by atoms with E-state index in [-0.39, 0.29) is 10.7 Å². The van der Waals surface area contributed by atoms with Crippen LogP contribution in [0.5, 0.6) is 0 Å². The lowest BCUT2D eigenvalue weighted by molar-refractivity contribution is -0.120. The first-order valence-corrected chi connectivity index (χ1v) is 8.38. The van der Waals surface area contributed by atoms with Gasteiger partial charge in [-0.15, -0.1) is 0 Å². The second-order valence-electron chi connectivity index (χ2n) is 5.98. The molecule has 0 aliphatic rings. The van der Waals surface area contributed by atoms with Crippen molar-refractivity contribution in [2.75, 3.05) is 12.3 Å². The summed E-state index contributed by atoms with van der Waals surface area (Å²) in [5.74, 6) is 1.12. The third kappa shape index (κ3) is 7.59. The molecule has 1 aromatic carbocycles. The highest BCUT2D eigenvalue weighted by Crippen LogP contribution is 2.21. The quantitative estimate of drug-likeness (QED) is 0.774. The number of aryl methyl sites for hydroxylation is 2. The van der Waals surface area contributed by atoms with E-state index >= 15 is 0 Å². The fraction of sp³-hybridized carbons (Fsp3) is 0.588. The van der Waals surface area contributed by atoms with Crippen LogP contribution in [0.2, 0.25) is 0 Å². The van der Waals surface area contributed by atoms with E-state index in [2.05, 4.69) is 57.3 Å². The average Bonchev–Trinajstić information content (AvgIpc) is 2.41. The molecule has 0 saturated carbocycles. The van der Waals surface area contributed by atoms with Crippen LogP contribution < -0.4 is 5.32 Å². The largest absolute Gasteiger partial charge is 0.355 e. The summed E-state index contributed by atoms with van der Waals surface area (Å²) in [7, 11) is 0. The highest BCUT2D eigenvalue weighted by Gasteiger charge is 2.10. The molecule has 3 heteroatoms. The first-order chi connectivity index (χ1) is 9.40. The van der Waals surface area contributed by atoms with Gasteiger partial charge >= 0.3 is 0 Å². The molecule has 2 nitrogen and oxygen atoms in total. The van der Waals surface area contributed by atoms with Gasteiger partial charge in [0.2, 0.25) is 5.91 Å². The zero-order valence-corrected chi connectivity index (χ0v) is 14.0. The first-order valence-electron chi connectivity index (χ1n) is 7.39. The van der Waals surface area contributed by atoms with Crippen LogP contribution in [0.4, 0.5) is 0 Å². The Kier molecular flexibility index (Phi) is 7.14. The monoisotopic (exact) mass is 293 g/mol. The lowest BCUT2D eigenvalue weighted by Crippen LogP contribution is -2.27. The van der Waals surface area contributed by atoms with E-state index in [4.69, 9.17) is 0 Å². The zero-order chi connectivity index (χ0) is 15.0. The van der Waals surface area contributed by atoms with Gasteiger partial charge in [-0.1, -0.05) is 52.0 Å². The maximum Gasteiger partial charge on any atom is 0.220 e. The molecule has 1 amide bonds. The van der Waals surface area contributed by atoms with Crippen molar-refractivity contribution >= 4 is 17.7 Å². The van der Waals surface area contributed by atoms with Crippen LogP contribution in [-0.4, -0.2) is 23.0 Å². The summed E-state index contributed by atoms with van der Waals surface area (Å²) in [6, 6.07) is 8.55. The van der Waals surface area contributed by atoms with E-state index in [9.17, 15) is 4.79 Å². The molecular formula is C17H27NOS. The molecule has 0 aliphatic heterocycles. The normalized spacial score (nSPS) is 11.4. The highest BCUT2D eigenvalue weighted by molar-refractivity contribution is 8.00. The summed E-state index contributed by atoms with van der Waals surface area (Å²) in [5.41, 5.74) is 2.58. The molecule has 0 saturated heterocycles. The van der Waals surface area contributed by atoms with Gasteiger partial charge < -0.3 is 5.32 Å². The van der Waals surface area contributed by atoms with Crippen molar-refractivity contribution in [1.29, 1.82) is 0 Å². The van der Waals surface area contributed by atoms with Gasteiger partial charge in [-0.05, 0) is 24.0 Å². The number of rotatable bonds is 7. The van der Waals surface area contributed by atoms with Gasteiger partial charge in [0.15, 0.2) is 0 Å². The number of thioether (sulfide) groups is 1. The Hall–Kier alpha value is -0.960. The molecular weight excluding hydrogens is 266 g/mol. The van der Waals surface area contributed by atoms with Crippen LogP contribution in [-0.2, 0) is 17.6 Å². The SMILES string of the molecule is CCc1ccc(CCC(=O)NCCSC(C)(C)C)cc1. The Morgan fingerprint density at radius 2 is 1.75 bits per heavy atom. The third-order valence-electron chi connectivity index (χ3n) is 3.03. The van der Waals surface area contributed by atoms with Crippen LogP contribution in [0.1, 0.15) is 45.2 Å². The first kappa shape index (κ1) is 17.1. The smallest absolute Gasteiger partial charge is 0.220 e.